The second-order valence-corrected chi connectivity index (χ2v) is 8.40. The van der Waals surface area contributed by atoms with E-state index in [2.05, 4.69) is 10.4 Å². The van der Waals surface area contributed by atoms with Crippen LogP contribution in [0.25, 0.3) is 5.69 Å². The topological polar surface area (TPSA) is 76.5 Å². The average molecular weight is 415 g/mol. The lowest BCUT2D eigenvalue weighted by Gasteiger charge is -2.27. The van der Waals surface area contributed by atoms with Crippen molar-refractivity contribution >= 4 is 29.3 Å². The van der Waals surface area contributed by atoms with Crippen LogP contribution < -0.4 is 10.2 Å². The zero-order chi connectivity index (χ0) is 20.2. The van der Waals surface area contributed by atoms with Gasteiger partial charge in [0.2, 0.25) is 11.8 Å². The Morgan fingerprint density at radius 2 is 2.10 bits per heavy atom. The molecule has 0 saturated carbocycles. The van der Waals surface area contributed by atoms with Crippen LogP contribution in [0.3, 0.4) is 0 Å². The molecular formula is C21H26N4O3S. The first kappa shape index (κ1) is 20.0. The van der Waals surface area contributed by atoms with Gasteiger partial charge in [-0.1, -0.05) is 18.2 Å². The van der Waals surface area contributed by atoms with Crippen LogP contribution in [0.2, 0.25) is 0 Å². The standard InChI is InChI=1S/C21H26N4O3S/c1-15-20-21(25(23-15)16-6-3-2-4-7-16)29-13-11-24(20)19(27)10-9-18(26)22-14-17-8-5-12-28-17/h2-4,6-7,17H,5,8-14H2,1H3,(H,22,26). The number of hydrogen-bond donors (Lipinski definition) is 1. The molecule has 2 aliphatic heterocycles. The molecule has 1 unspecified atom stereocenters. The predicted molar refractivity (Wildman–Crippen MR) is 113 cm³/mol. The molecule has 8 heteroatoms. The smallest absolute Gasteiger partial charge is 0.227 e. The van der Waals surface area contributed by atoms with Crippen LogP contribution in [0.15, 0.2) is 35.4 Å². The van der Waals surface area contributed by atoms with E-state index in [1.165, 1.54) is 0 Å². The molecule has 154 valence electrons. The predicted octanol–water partition coefficient (Wildman–Crippen LogP) is 2.69. The number of aryl methyl sites for hydroxylation is 1. The molecular weight excluding hydrogens is 388 g/mol. The van der Waals surface area contributed by atoms with Crippen molar-refractivity contribution in [2.75, 3.05) is 30.3 Å². The van der Waals surface area contributed by atoms with Gasteiger partial charge in [0, 0.05) is 38.3 Å². The number of rotatable bonds is 6. The maximum absolute atomic E-state index is 12.9. The molecule has 1 aromatic heterocycles. The highest BCUT2D eigenvalue weighted by Gasteiger charge is 2.30. The molecule has 1 atom stereocenters. The summed E-state index contributed by atoms with van der Waals surface area (Å²) >= 11 is 1.71. The number of carbonyl (C=O) groups is 2. The number of thioether (sulfide) groups is 1. The molecule has 0 bridgehead atoms. The average Bonchev–Trinajstić information content (AvgIpc) is 3.39. The van der Waals surface area contributed by atoms with E-state index in [0.29, 0.717) is 13.1 Å². The second-order valence-electron chi connectivity index (χ2n) is 7.32. The summed E-state index contributed by atoms with van der Waals surface area (Å²) in [5.41, 5.74) is 2.68. The van der Waals surface area contributed by atoms with Gasteiger partial charge in [0.1, 0.15) is 5.03 Å². The quantitative estimate of drug-likeness (QED) is 0.787. The van der Waals surface area contributed by atoms with Crippen molar-refractivity contribution < 1.29 is 14.3 Å². The summed E-state index contributed by atoms with van der Waals surface area (Å²) in [6, 6.07) is 9.94. The van der Waals surface area contributed by atoms with Gasteiger partial charge in [-0.3, -0.25) is 9.59 Å². The van der Waals surface area contributed by atoms with Crippen LogP contribution >= 0.6 is 11.8 Å². The highest BCUT2D eigenvalue weighted by Crippen LogP contribution is 2.39. The summed E-state index contributed by atoms with van der Waals surface area (Å²) in [6.45, 7) is 3.86. The van der Waals surface area contributed by atoms with Gasteiger partial charge in [0.25, 0.3) is 0 Å². The number of fused-ring (bicyclic) bond motifs is 1. The summed E-state index contributed by atoms with van der Waals surface area (Å²) in [4.78, 5) is 26.8. The van der Waals surface area contributed by atoms with Crippen molar-refractivity contribution in [1.82, 2.24) is 15.1 Å². The van der Waals surface area contributed by atoms with Crippen molar-refractivity contribution in [2.24, 2.45) is 0 Å². The van der Waals surface area contributed by atoms with Gasteiger partial charge >= 0.3 is 0 Å². The van der Waals surface area contributed by atoms with Crippen molar-refractivity contribution in [3.63, 3.8) is 0 Å². The van der Waals surface area contributed by atoms with Crippen LogP contribution in [0.4, 0.5) is 5.69 Å². The number of aromatic nitrogens is 2. The number of hydrogen-bond acceptors (Lipinski definition) is 5. The largest absolute Gasteiger partial charge is 0.376 e. The van der Waals surface area contributed by atoms with E-state index >= 15 is 0 Å². The molecule has 1 fully saturated rings. The molecule has 1 aromatic carbocycles. The zero-order valence-electron chi connectivity index (χ0n) is 16.6. The van der Waals surface area contributed by atoms with Gasteiger partial charge in [-0.25, -0.2) is 4.68 Å². The normalized spacial score (nSPS) is 18.5. The Morgan fingerprint density at radius 3 is 2.86 bits per heavy atom. The minimum Gasteiger partial charge on any atom is -0.376 e. The lowest BCUT2D eigenvalue weighted by Crippen LogP contribution is -2.37. The Labute approximate surface area is 174 Å². The first-order valence-corrected chi connectivity index (χ1v) is 11.1. The highest BCUT2D eigenvalue weighted by atomic mass is 32.2. The lowest BCUT2D eigenvalue weighted by atomic mass is 10.2. The third-order valence-corrected chi connectivity index (χ3v) is 6.26. The van der Waals surface area contributed by atoms with Crippen molar-refractivity contribution in [3.8, 4) is 5.69 Å². The number of nitrogens with one attached hydrogen (secondary N) is 1. The minimum absolute atomic E-state index is 0.0328. The molecule has 0 spiro atoms. The fraction of sp³-hybridized carbons (Fsp3) is 0.476. The molecule has 2 aromatic rings. The summed E-state index contributed by atoms with van der Waals surface area (Å²) in [5, 5.41) is 8.54. The Kier molecular flexibility index (Phi) is 6.20. The van der Waals surface area contributed by atoms with Gasteiger partial charge in [-0.2, -0.15) is 5.10 Å². The number of para-hydroxylation sites is 1. The van der Waals surface area contributed by atoms with Crippen LogP contribution in [-0.2, 0) is 14.3 Å². The zero-order valence-corrected chi connectivity index (χ0v) is 17.4. The van der Waals surface area contributed by atoms with E-state index < -0.39 is 0 Å². The number of carbonyl (C=O) groups excluding carboxylic acids is 2. The molecule has 29 heavy (non-hydrogen) atoms. The Morgan fingerprint density at radius 1 is 1.28 bits per heavy atom. The van der Waals surface area contributed by atoms with Crippen LogP contribution in [0.5, 0.6) is 0 Å². The van der Waals surface area contributed by atoms with Gasteiger partial charge in [-0.15, -0.1) is 11.8 Å². The Hall–Kier alpha value is -2.32. The van der Waals surface area contributed by atoms with E-state index in [-0.39, 0.29) is 30.8 Å². The Balaban J connectivity index is 1.40. The number of ether oxygens (including phenoxy) is 1. The third-order valence-electron chi connectivity index (χ3n) is 5.23. The second kappa shape index (κ2) is 9.00. The number of benzene rings is 1. The van der Waals surface area contributed by atoms with Gasteiger partial charge in [0.15, 0.2) is 0 Å². The summed E-state index contributed by atoms with van der Waals surface area (Å²) in [7, 11) is 0. The maximum atomic E-state index is 12.9. The first-order chi connectivity index (χ1) is 14.1. The van der Waals surface area contributed by atoms with E-state index in [0.717, 1.165) is 47.3 Å². The molecule has 2 amide bonds. The van der Waals surface area contributed by atoms with Crippen molar-refractivity contribution in [1.29, 1.82) is 0 Å². The monoisotopic (exact) mass is 414 g/mol. The van der Waals surface area contributed by atoms with Crippen LogP contribution in [-0.4, -0.2) is 53.1 Å². The summed E-state index contributed by atoms with van der Waals surface area (Å²) in [6.07, 6.45) is 2.53. The van der Waals surface area contributed by atoms with Crippen LogP contribution in [0.1, 0.15) is 31.4 Å². The molecule has 2 aliphatic rings. The highest BCUT2D eigenvalue weighted by molar-refractivity contribution is 7.99. The van der Waals surface area contributed by atoms with Crippen molar-refractivity contribution in [2.45, 2.75) is 43.7 Å². The fourth-order valence-electron chi connectivity index (χ4n) is 3.75. The van der Waals surface area contributed by atoms with E-state index in [1.54, 1.807) is 16.7 Å². The summed E-state index contributed by atoms with van der Waals surface area (Å²) in [5.74, 6) is 0.675. The Bertz CT molecular complexity index is 878. The molecule has 4 rings (SSSR count). The SMILES string of the molecule is Cc1nn(-c2ccccc2)c2c1N(C(=O)CCC(=O)NCC1CCCO1)CCS2. The number of anilines is 1. The number of nitrogens with zero attached hydrogens (tertiary/aromatic N) is 3. The van der Waals surface area contributed by atoms with Crippen molar-refractivity contribution in [3.05, 3.63) is 36.0 Å². The fourth-order valence-corrected chi connectivity index (χ4v) is 4.88. The third kappa shape index (κ3) is 4.48. The lowest BCUT2D eigenvalue weighted by molar-refractivity contribution is -0.125. The van der Waals surface area contributed by atoms with E-state index in [9.17, 15) is 9.59 Å². The van der Waals surface area contributed by atoms with E-state index in [4.69, 9.17) is 4.74 Å². The maximum Gasteiger partial charge on any atom is 0.227 e. The molecule has 0 aliphatic carbocycles. The van der Waals surface area contributed by atoms with Gasteiger partial charge in [0.05, 0.1) is 23.2 Å². The van der Waals surface area contributed by atoms with Gasteiger partial charge < -0.3 is 15.0 Å². The van der Waals surface area contributed by atoms with E-state index in [1.807, 2.05) is 41.9 Å². The first-order valence-electron chi connectivity index (χ1n) is 10.1. The molecule has 3 heterocycles. The molecule has 1 N–H and O–H groups in total. The molecule has 7 nitrogen and oxygen atoms in total. The van der Waals surface area contributed by atoms with Gasteiger partial charge in [-0.05, 0) is 31.9 Å². The number of amides is 2. The molecule has 0 radical (unpaired) electrons. The minimum atomic E-state index is -0.0999. The molecule has 1 saturated heterocycles. The summed E-state index contributed by atoms with van der Waals surface area (Å²) < 4.78 is 7.42. The van der Waals surface area contributed by atoms with Crippen LogP contribution in [0, 0.1) is 6.92 Å².